The lowest BCUT2D eigenvalue weighted by molar-refractivity contribution is -0.124. The van der Waals surface area contributed by atoms with Crippen molar-refractivity contribution >= 4 is 21.8 Å². The number of piperidine rings is 1. The van der Waals surface area contributed by atoms with E-state index in [0.29, 0.717) is 37.3 Å². The van der Waals surface area contributed by atoms with E-state index >= 15 is 0 Å². The molecular weight excluding hydrogens is 470 g/mol. The van der Waals surface area contributed by atoms with Crippen molar-refractivity contribution in [3.8, 4) is 5.75 Å². The van der Waals surface area contributed by atoms with E-state index in [1.807, 2.05) is 6.92 Å². The summed E-state index contributed by atoms with van der Waals surface area (Å²) in [6.07, 6.45) is 0.882. The zero-order chi connectivity index (χ0) is 25.4. The van der Waals surface area contributed by atoms with Gasteiger partial charge in [-0.1, -0.05) is 17.7 Å². The molecule has 1 saturated heterocycles. The Balaban J connectivity index is 1.71. The van der Waals surface area contributed by atoms with E-state index in [1.165, 1.54) is 4.31 Å². The highest BCUT2D eigenvalue weighted by atomic mass is 32.2. The van der Waals surface area contributed by atoms with Gasteiger partial charge < -0.3 is 20.1 Å². The van der Waals surface area contributed by atoms with Gasteiger partial charge in [-0.15, -0.1) is 0 Å². The van der Waals surface area contributed by atoms with Gasteiger partial charge in [-0.2, -0.15) is 4.31 Å². The maximum atomic E-state index is 13.1. The molecule has 10 heteroatoms. The molecule has 2 N–H and O–H groups in total. The van der Waals surface area contributed by atoms with Gasteiger partial charge >= 0.3 is 0 Å². The number of rotatable bonds is 10. The van der Waals surface area contributed by atoms with E-state index in [-0.39, 0.29) is 35.7 Å². The summed E-state index contributed by atoms with van der Waals surface area (Å²) in [5, 5.41) is 5.66. The molecule has 1 atom stereocenters. The summed E-state index contributed by atoms with van der Waals surface area (Å²) in [4.78, 5) is 26.1. The molecule has 0 aromatic heterocycles. The number of hydrogen-bond acceptors (Lipinski definition) is 6. The van der Waals surface area contributed by atoms with Crippen LogP contribution in [0, 0.1) is 12.8 Å². The van der Waals surface area contributed by atoms with Crippen molar-refractivity contribution in [1.29, 1.82) is 0 Å². The standard InChI is InChI=1S/C25H33N3O6S/c1-18-4-10-22(11-5-18)35(31,32)28-15-12-19(13-16-28)23(25(30)26-14-17-33-2)27-24(29)20-6-8-21(34-3)9-7-20/h4-11,19,23H,12-17H2,1-3H3,(H,26,30)(H,27,29)/t23-/m1/s1. The Bertz CT molecular complexity index is 1100. The Labute approximate surface area is 206 Å². The molecule has 0 bridgehead atoms. The van der Waals surface area contributed by atoms with Crippen LogP contribution in [0.1, 0.15) is 28.8 Å². The second-order valence-corrected chi connectivity index (χ2v) is 10.5. The first-order valence-corrected chi connectivity index (χ1v) is 13.0. The fourth-order valence-corrected chi connectivity index (χ4v) is 5.53. The molecule has 35 heavy (non-hydrogen) atoms. The van der Waals surface area contributed by atoms with E-state index in [1.54, 1.807) is 62.8 Å². The normalized spacial score (nSPS) is 15.9. The van der Waals surface area contributed by atoms with Crippen molar-refractivity contribution in [3.63, 3.8) is 0 Å². The number of nitrogens with zero attached hydrogens (tertiary/aromatic N) is 1. The van der Waals surface area contributed by atoms with Gasteiger partial charge in [-0.25, -0.2) is 8.42 Å². The fraction of sp³-hybridized carbons (Fsp3) is 0.440. The molecule has 0 aliphatic carbocycles. The Morgan fingerprint density at radius 3 is 2.23 bits per heavy atom. The minimum absolute atomic E-state index is 0.218. The zero-order valence-electron chi connectivity index (χ0n) is 20.3. The van der Waals surface area contributed by atoms with Crippen LogP contribution in [-0.2, 0) is 19.6 Å². The Hall–Kier alpha value is -2.95. The topological polar surface area (TPSA) is 114 Å². The molecule has 0 radical (unpaired) electrons. The van der Waals surface area contributed by atoms with Gasteiger partial charge in [-0.3, -0.25) is 9.59 Å². The third kappa shape index (κ3) is 6.81. The number of benzene rings is 2. The molecule has 1 aliphatic heterocycles. The molecule has 1 aliphatic rings. The van der Waals surface area contributed by atoms with Crippen molar-refractivity contribution in [1.82, 2.24) is 14.9 Å². The SMILES string of the molecule is COCCNC(=O)[C@H](NC(=O)c1ccc(OC)cc1)C1CCN(S(=O)(=O)c2ccc(C)cc2)CC1. The molecule has 1 heterocycles. The van der Waals surface area contributed by atoms with E-state index in [0.717, 1.165) is 5.56 Å². The van der Waals surface area contributed by atoms with Crippen LogP contribution in [0.4, 0.5) is 0 Å². The highest BCUT2D eigenvalue weighted by Gasteiger charge is 2.36. The third-order valence-corrected chi connectivity index (χ3v) is 8.07. The van der Waals surface area contributed by atoms with Crippen molar-refractivity contribution in [2.24, 2.45) is 5.92 Å². The largest absolute Gasteiger partial charge is 0.497 e. The molecule has 2 amide bonds. The molecule has 9 nitrogen and oxygen atoms in total. The monoisotopic (exact) mass is 503 g/mol. The average molecular weight is 504 g/mol. The number of sulfonamides is 1. The predicted octanol–water partition coefficient (Wildman–Crippen LogP) is 1.97. The van der Waals surface area contributed by atoms with Crippen molar-refractivity contribution in [2.75, 3.05) is 40.5 Å². The maximum absolute atomic E-state index is 13.1. The van der Waals surface area contributed by atoms with Gasteiger partial charge in [0.1, 0.15) is 11.8 Å². The van der Waals surface area contributed by atoms with Gasteiger partial charge in [-0.05, 0) is 62.1 Å². The minimum atomic E-state index is -3.62. The van der Waals surface area contributed by atoms with E-state index in [2.05, 4.69) is 10.6 Å². The molecule has 190 valence electrons. The predicted molar refractivity (Wildman–Crippen MR) is 132 cm³/mol. The maximum Gasteiger partial charge on any atom is 0.251 e. The van der Waals surface area contributed by atoms with Crippen molar-refractivity contribution in [3.05, 3.63) is 59.7 Å². The summed E-state index contributed by atoms with van der Waals surface area (Å²) in [5.74, 6) is -0.292. The number of hydrogen-bond donors (Lipinski definition) is 2. The summed E-state index contributed by atoms with van der Waals surface area (Å²) in [6, 6.07) is 12.6. The molecule has 0 unspecified atom stereocenters. The van der Waals surface area contributed by atoms with Gasteiger partial charge in [0.15, 0.2) is 0 Å². The molecule has 0 saturated carbocycles. The Morgan fingerprint density at radius 1 is 1.03 bits per heavy atom. The van der Waals surface area contributed by atoms with Gasteiger partial charge in [0.2, 0.25) is 15.9 Å². The number of carbonyl (C=O) groups is 2. The van der Waals surface area contributed by atoms with Gasteiger partial charge in [0.05, 0.1) is 18.6 Å². The van der Waals surface area contributed by atoms with Crippen LogP contribution >= 0.6 is 0 Å². The summed E-state index contributed by atoms with van der Waals surface area (Å²) < 4.78 is 37.7. The third-order valence-electron chi connectivity index (χ3n) is 6.16. The summed E-state index contributed by atoms with van der Waals surface area (Å²) >= 11 is 0. The lowest BCUT2D eigenvalue weighted by atomic mass is 9.89. The number of carbonyl (C=O) groups excluding carboxylic acids is 2. The highest BCUT2D eigenvalue weighted by Crippen LogP contribution is 2.26. The van der Waals surface area contributed by atoms with Crippen LogP contribution in [-0.4, -0.2) is 71.0 Å². The zero-order valence-corrected chi connectivity index (χ0v) is 21.1. The summed E-state index contributed by atoms with van der Waals surface area (Å²) in [5.41, 5.74) is 1.39. The minimum Gasteiger partial charge on any atom is -0.497 e. The number of amides is 2. The Morgan fingerprint density at radius 2 is 1.66 bits per heavy atom. The van der Waals surface area contributed by atoms with Crippen molar-refractivity contribution < 1.29 is 27.5 Å². The molecule has 2 aromatic carbocycles. The lowest BCUT2D eigenvalue weighted by Gasteiger charge is -2.35. The van der Waals surface area contributed by atoms with Crippen LogP contribution in [0.3, 0.4) is 0 Å². The number of nitrogens with one attached hydrogen (secondary N) is 2. The molecule has 2 aromatic rings. The first kappa shape index (κ1) is 26.7. The molecule has 1 fully saturated rings. The van der Waals surface area contributed by atoms with E-state index in [4.69, 9.17) is 9.47 Å². The Kier molecular flexibility index (Phi) is 9.25. The van der Waals surface area contributed by atoms with Crippen LogP contribution < -0.4 is 15.4 Å². The molecule has 0 spiro atoms. The molecule has 3 rings (SSSR count). The number of aryl methyl sites for hydroxylation is 1. The second kappa shape index (κ2) is 12.1. The van der Waals surface area contributed by atoms with E-state index in [9.17, 15) is 18.0 Å². The van der Waals surface area contributed by atoms with Crippen molar-refractivity contribution in [2.45, 2.75) is 30.7 Å². The number of methoxy groups -OCH3 is 2. The van der Waals surface area contributed by atoms with Crippen LogP contribution in [0.2, 0.25) is 0 Å². The lowest BCUT2D eigenvalue weighted by Crippen LogP contribution is -2.54. The summed E-state index contributed by atoms with van der Waals surface area (Å²) in [6.45, 7) is 3.09. The van der Waals surface area contributed by atoms with Gasteiger partial charge in [0, 0.05) is 32.3 Å². The average Bonchev–Trinajstić information content (AvgIpc) is 2.87. The smallest absolute Gasteiger partial charge is 0.251 e. The second-order valence-electron chi connectivity index (χ2n) is 8.52. The van der Waals surface area contributed by atoms with Gasteiger partial charge in [0.25, 0.3) is 5.91 Å². The number of ether oxygens (including phenoxy) is 2. The van der Waals surface area contributed by atoms with Crippen LogP contribution in [0.5, 0.6) is 5.75 Å². The fourth-order valence-electron chi connectivity index (χ4n) is 4.06. The quantitative estimate of drug-likeness (QED) is 0.479. The van der Waals surface area contributed by atoms with Crippen LogP contribution in [0.15, 0.2) is 53.4 Å². The van der Waals surface area contributed by atoms with Crippen LogP contribution in [0.25, 0.3) is 0 Å². The summed E-state index contributed by atoms with van der Waals surface area (Å²) in [7, 11) is -0.538. The highest BCUT2D eigenvalue weighted by molar-refractivity contribution is 7.89. The first-order valence-electron chi connectivity index (χ1n) is 11.5. The van der Waals surface area contributed by atoms with E-state index < -0.39 is 16.1 Å². The molecular formula is C25H33N3O6S. The first-order chi connectivity index (χ1) is 16.8.